The summed E-state index contributed by atoms with van der Waals surface area (Å²) in [5.41, 5.74) is 6.19. The minimum atomic E-state index is -1.02. The van der Waals surface area contributed by atoms with Crippen molar-refractivity contribution >= 4 is 29.6 Å². The third-order valence-corrected chi connectivity index (χ3v) is 2.74. The van der Waals surface area contributed by atoms with Crippen LogP contribution in [0, 0.1) is 0 Å². The van der Waals surface area contributed by atoms with Crippen molar-refractivity contribution in [1.82, 2.24) is 0 Å². The quantitative estimate of drug-likeness (QED) is 0.590. The summed E-state index contributed by atoms with van der Waals surface area (Å²) < 4.78 is 0. The van der Waals surface area contributed by atoms with Gasteiger partial charge < -0.3 is 15.9 Å². The molecule has 2 rings (SSSR count). The van der Waals surface area contributed by atoms with E-state index in [-0.39, 0.29) is 16.9 Å². The summed E-state index contributed by atoms with van der Waals surface area (Å²) in [6, 6.07) is 9.35. The predicted molar refractivity (Wildman–Crippen MR) is 82.9 cm³/mol. The molecule has 2 aromatic rings. The normalized spacial score (nSPS) is 11.1. The van der Waals surface area contributed by atoms with Gasteiger partial charge >= 0.3 is 12.0 Å². The molecule has 0 aliphatic heterocycles. The molecule has 8 heteroatoms. The molecule has 0 spiro atoms. The molecular weight excluding hydrogens is 300 g/mol. The molecule has 0 heterocycles. The van der Waals surface area contributed by atoms with Gasteiger partial charge in [0.2, 0.25) is 0 Å². The van der Waals surface area contributed by atoms with Gasteiger partial charge in [0.25, 0.3) is 0 Å². The van der Waals surface area contributed by atoms with Gasteiger partial charge in [0.15, 0.2) is 0 Å². The molecule has 0 bridgehead atoms. The van der Waals surface area contributed by atoms with E-state index in [1.807, 2.05) is 0 Å². The van der Waals surface area contributed by atoms with Gasteiger partial charge in [0, 0.05) is 11.8 Å². The van der Waals surface area contributed by atoms with Crippen LogP contribution in [0.15, 0.2) is 57.7 Å². The first-order chi connectivity index (χ1) is 11.0. The molecule has 4 N–H and O–H groups in total. The number of carboxylic acid groups (broad SMARTS) is 1. The molecule has 0 saturated carbocycles. The van der Waals surface area contributed by atoms with Crippen molar-refractivity contribution in [1.29, 1.82) is 0 Å². The lowest BCUT2D eigenvalue weighted by molar-refractivity contribution is 0.0697. The maximum atomic E-state index is 10.7. The Kier molecular flexibility index (Phi) is 4.78. The molecule has 0 radical (unpaired) electrons. The van der Waals surface area contributed by atoms with Crippen LogP contribution in [0.1, 0.15) is 15.9 Å². The lowest BCUT2D eigenvalue weighted by atomic mass is 10.2. The number of phenols is 1. The average Bonchev–Trinajstić information content (AvgIpc) is 2.53. The number of benzene rings is 2. The number of carbonyl (C=O) groups excluding carboxylic acids is 1. The Bertz CT molecular complexity index is 798. The number of primary amides is 1. The Hall–Kier alpha value is -3.55. The highest BCUT2D eigenvalue weighted by Gasteiger charge is 2.02. The second kappa shape index (κ2) is 6.94. The number of azo groups is 1. The number of hydrogen-bond acceptors (Lipinski definition) is 5. The summed E-state index contributed by atoms with van der Waals surface area (Å²) in [6.45, 7) is 0. The van der Waals surface area contributed by atoms with Crippen LogP contribution in [0.2, 0.25) is 0 Å². The first-order valence-electron chi connectivity index (χ1n) is 6.37. The molecule has 116 valence electrons. The molecule has 23 heavy (non-hydrogen) atoms. The zero-order chi connectivity index (χ0) is 16.8. The third kappa shape index (κ3) is 4.46. The highest BCUT2D eigenvalue weighted by Crippen LogP contribution is 2.24. The number of carbonyl (C=O) groups is 2. The van der Waals surface area contributed by atoms with Gasteiger partial charge in [0.1, 0.15) is 5.75 Å². The summed E-state index contributed by atoms with van der Waals surface area (Å²) in [7, 11) is 0. The van der Waals surface area contributed by atoms with Gasteiger partial charge in [-0.05, 0) is 42.5 Å². The smallest absolute Gasteiger partial charge is 0.338 e. The molecule has 0 fully saturated rings. The van der Waals surface area contributed by atoms with Gasteiger partial charge in [-0.3, -0.25) is 0 Å². The first kappa shape index (κ1) is 15.8. The second-order valence-corrected chi connectivity index (χ2v) is 4.39. The van der Waals surface area contributed by atoms with Crippen LogP contribution in [0.5, 0.6) is 5.75 Å². The fourth-order valence-corrected chi connectivity index (χ4v) is 1.63. The van der Waals surface area contributed by atoms with E-state index in [9.17, 15) is 14.7 Å². The largest absolute Gasteiger partial charge is 0.507 e. The number of urea groups is 1. The number of aromatic hydroxyl groups is 1. The Labute approximate surface area is 130 Å². The summed E-state index contributed by atoms with van der Waals surface area (Å²) in [5.74, 6) is -1.11. The zero-order valence-electron chi connectivity index (χ0n) is 11.7. The summed E-state index contributed by atoms with van der Waals surface area (Å²) >= 11 is 0. The zero-order valence-corrected chi connectivity index (χ0v) is 11.7. The summed E-state index contributed by atoms with van der Waals surface area (Å²) in [4.78, 5) is 24.7. The number of nitrogens with zero attached hydrogens (tertiary/aromatic N) is 3. The topological polar surface area (TPSA) is 138 Å². The van der Waals surface area contributed by atoms with Gasteiger partial charge in [-0.2, -0.15) is 10.2 Å². The van der Waals surface area contributed by atoms with Crippen LogP contribution in [0.25, 0.3) is 0 Å². The minimum absolute atomic E-state index is 0.0836. The number of hydrogen-bond donors (Lipinski definition) is 3. The number of amides is 2. The Morgan fingerprint density at radius 3 is 2.22 bits per heavy atom. The Balaban J connectivity index is 2.20. The Morgan fingerprint density at radius 2 is 1.61 bits per heavy atom. The molecule has 0 saturated heterocycles. The fraction of sp³-hybridized carbons (Fsp3) is 0. The van der Waals surface area contributed by atoms with Crippen molar-refractivity contribution in [3.63, 3.8) is 0 Å². The SMILES string of the molecule is NC(=O)/N=C/c1cc(N=Nc2ccc(C(=O)O)cc2)ccc1O. The van der Waals surface area contributed by atoms with Crippen LogP contribution in [0.4, 0.5) is 16.2 Å². The van der Waals surface area contributed by atoms with E-state index in [0.717, 1.165) is 6.21 Å². The van der Waals surface area contributed by atoms with E-state index in [4.69, 9.17) is 10.8 Å². The van der Waals surface area contributed by atoms with Crippen molar-refractivity contribution in [2.75, 3.05) is 0 Å². The van der Waals surface area contributed by atoms with Crippen LogP contribution < -0.4 is 5.73 Å². The minimum Gasteiger partial charge on any atom is -0.507 e. The number of carboxylic acids is 1. The number of nitrogens with two attached hydrogens (primary N) is 1. The monoisotopic (exact) mass is 312 g/mol. The molecule has 0 aliphatic carbocycles. The van der Waals surface area contributed by atoms with Crippen molar-refractivity contribution in [2.24, 2.45) is 21.0 Å². The van der Waals surface area contributed by atoms with Crippen LogP contribution in [-0.2, 0) is 0 Å². The number of phenolic OH excluding ortho intramolecular Hbond substituents is 1. The highest BCUT2D eigenvalue weighted by atomic mass is 16.4. The molecule has 0 aliphatic rings. The molecule has 0 atom stereocenters. The van der Waals surface area contributed by atoms with Gasteiger partial charge in [0.05, 0.1) is 16.9 Å². The first-order valence-corrected chi connectivity index (χ1v) is 6.37. The lowest BCUT2D eigenvalue weighted by Crippen LogP contribution is -2.04. The number of aromatic carboxylic acids is 1. The van der Waals surface area contributed by atoms with Gasteiger partial charge in [-0.15, -0.1) is 0 Å². The maximum Gasteiger partial charge on any atom is 0.338 e. The maximum absolute atomic E-state index is 10.7. The van der Waals surface area contributed by atoms with E-state index < -0.39 is 12.0 Å². The van der Waals surface area contributed by atoms with Gasteiger partial charge in [-0.25, -0.2) is 14.6 Å². The standard InChI is InChI=1S/C15H12N4O4/c16-15(23)17-8-10-7-12(5-6-13(10)20)19-18-11-3-1-9(2-4-11)14(21)22/h1-8,20H,(H2,16,23)(H,21,22)/b17-8+,19-18?. The highest BCUT2D eigenvalue weighted by molar-refractivity contribution is 5.92. The van der Waals surface area contributed by atoms with Crippen LogP contribution in [-0.4, -0.2) is 28.4 Å². The van der Waals surface area contributed by atoms with E-state index in [0.29, 0.717) is 11.4 Å². The average molecular weight is 312 g/mol. The van der Waals surface area contributed by atoms with E-state index in [1.165, 1.54) is 42.5 Å². The van der Waals surface area contributed by atoms with Crippen molar-refractivity contribution in [3.8, 4) is 5.75 Å². The molecule has 0 unspecified atom stereocenters. The molecule has 0 aromatic heterocycles. The molecule has 2 amide bonds. The lowest BCUT2D eigenvalue weighted by Gasteiger charge is -1.99. The van der Waals surface area contributed by atoms with Crippen molar-refractivity contribution < 1.29 is 19.8 Å². The number of aliphatic imine (C=N–C) groups is 1. The third-order valence-electron chi connectivity index (χ3n) is 2.74. The number of rotatable bonds is 4. The molecule has 8 nitrogen and oxygen atoms in total. The van der Waals surface area contributed by atoms with Crippen LogP contribution in [0.3, 0.4) is 0 Å². The van der Waals surface area contributed by atoms with Crippen molar-refractivity contribution in [3.05, 3.63) is 53.6 Å². The van der Waals surface area contributed by atoms with E-state index >= 15 is 0 Å². The van der Waals surface area contributed by atoms with Crippen molar-refractivity contribution in [2.45, 2.75) is 0 Å². The predicted octanol–water partition coefficient (Wildman–Crippen LogP) is 3.00. The van der Waals surface area contributed by atoms with Gasteiger partial charge in [-0.1, -0.05) is 0 Å². The van der Waals surface area contributed by atoms with E-state index in [1.54, 1.807) is 0 Å². The summed E-state index contributed by atoms with van der Waals surface area (Å²) in [5, 5.41) is 26.4. The molecule has 2 aromatic carbocycles. The van der Waals surface area contributed by atoms with E-state index in [2.05, 4.69) is 15.2 Å². The molecular formula is C15H12N4O4. The summed E-state index contributed by atoms with van der Waals surface area (Å²) in [6.07, 6.45) is 1.12. The fourth-order valence-electron chi connectivity index (χ4n) is 1.63. The van der Waals surface area contributed by atoms with Crippen LogP contribution >= 0.6 is 0 Å². The Morgan fingerprint density at radius 1 is 1.00 bits per heavy atom. The second-order valence-electron chi connectivity index (χ2n) is 4.39.